The molecule has 0 N–H and O–H groups in total. The smallest absolute Gasteiger partial charge is 0.171 e. The van der Waals surface area contributed by atoms with Crippen LogP contribution in [-0.2, 0) is 14.6 Å². The lowest BCUT2D eigenvalue weighted by molar-refractivity contribution is -0.117. The number of Topliss-reactive ketones (excluding diaryl/α,β-unsaturated/α-hetero) is 1. The van der Waals surface area contributed by atoms with Crippen molar-refractivity contribution >= 4 is 15.6 Å². The first-order valence-corrected chi connectivity index (χ1v) is 5.04. The average Bonchev–Trinajstić information content (AvgIpc) is 1.87. The van der Waals surface area contributed by atoms with E-state index in [-0.39, 0.29) is 11.5 Å². The molecule has 0 aromatic rings. The molecule has 0 atom stereocenters. The topological polar surface area (TPSA) is 51.2 Å². The quantitative estimate of drug-likeness (QED) is 0.625. The van der Waals surface area contributed by atoms with Gasteiger partial charge in [0.15, 0.2) is 9.84 Å². The van der Waals surface area contributed by atoms with Gasteiger partial charge in [-0.2, -0.15) is 0 Å². The molecule has 0 aromatic carbocycles. The van der Waals surface area contributed by atoms with Crippen LogP contribution in [0.2, 0.25) is 0 Å². The highest BCUT2D eigenvalue weighted by Crippen LogP contribution is 1.98. The van der Waals surface area contributed by atoms with Gasteiger partial charge in [-0.3, -0.25) is 0 Å². The van der Waals surface area contributed by atoms with Crippen molar-refractivity contribution in [1.82, 2.24) is 0 Å². The van der Waals surface area contributed by atoms with E-state index < -0.39 is 9.84 Å². The number of carbonyl (C=O) groups excluding carboxylic acids is 1. The lowest BCUT2D eigenvalue weighted by atomic mass is 10.3. The Morgan fingerprint density at radius 2 is 2.09 bits per heavy atom. The van der Waals surface area contributed by atoms with Gasteiger partial charge >= 0.3 is 0 Å². The van der Waals surface area contributed by atoms with Crippen LogP contribution in [0.4, 0.5) is 0 Å². The lowest BCUT2D eigenvalue weighted by Gasteiger charge is -1.95. The van der Waals surface area contributed by atoms with Crippen molar-refractivity contribution < 1.29 is 13.2 Å². The largest absolute Gasteiger partial charge is 0.300 e. The fourth-order valence-electron chi connectivity index (χ4n) is 0.606. The van der Waals surface area contributed by atoms with Gasteiger partial charge in [-0.25, -0.2) is 8.42 Å². The molecule has 0 rings (SSSR count). The molecule has 0 saturated heterocycles. The van der Waals surface area contributed by atoms with Crippen molar-refractivity contribution in [3.8, 4) is 0 Å². The van der Waals surface area contributed by atoms with Gasteiger partial charge in [0, 0.05) is 11.8 Å². The van der Waals surface area contributed by atoms with Crippen LogP contribution >= 0.6 is 0 Å². The number of carbonyl (C=O) groups is 1. The molecule has 0 spiro atoms. The summed E-state index contributed by atoms with van der Waals surface area (Å²) in [7, 11) is -3.10. The summed E-state index contributed by atoms with van der Waals surface area (Å²) in [4.78, 5) is 10.4. The fourth-order valence-corrected chi connectivity index (χ4v) is 1.32. The Hall–Kier alpha value is -0.640. The van der Waals surface area contributed by atoms with Crippen LogP contribution in [0.15, 0.2) is 12.0 Å². The van der Waals surface area contributed by atoms with Crippen LogP contribution in [0.25, 0.3) is 0 Å². The minimum absolute atomic E-state index is 0.0178. The van der Waals surface area contributed by atoms with E-state index in [2.05, 4.69) is 6.58 Å². The molecule has 64 valence electrons. The minimum atomic E-state index is -3.10. The van der Waals surface area contributed by atoms with Gasteiger partial charge in [0.2, 0.25) is 0 Å². The maximum atomic E-state index is 10.8. The molecule has 0 amide bonds. The third-order valence-electron chi connectivity index (χ3n) is 1.21. The van der Waals surface area contributed by atoms with Crippen LogP contribution in [0, 0.1) is 0 Å². The summed E-state index contributed by atoms with van der Waals surface area (Å²) in [5.74, 6) is 0.0417. The normalized spacial score (nSPS) is 11.0. The zero-order valence-electron chi connectivity index (χ0n) is 6.54. The standard InChI is InChI=1S/C7H12O3S/c1-3-11(9,10)6-4-5-7(2)8/h3H,1,4-6H2,2H3. The Morgan fingerprint density at radius 1 is 1.55 bits per heavy atom. The second-order valence-corrected chi connectivity index (χ2v) is 4.41. The van der Waals surface area contributed by atoms with E-state index in [0.717, 1.165) is 5.41 Å². The molecule has 0 aliphatic heterocycles. The molecule has 0 aliphatic carbocycles. The van der Waals surface area contributed by atoms with Crippen molar-refractivity contribution in [2.45, 2.75) is 19.8 Å². The molecule has 0 unspecified atom stereocenters. The van der Waals surface area contributed by atoms with Gasteiger partial charge in [-0.15, -0.1) is 0 Å². The van der Waals surface area contributed by atoms with Crippen LogP contribution < -0.4 is 0 Å². The van der Waals surface area contributed by atoms with Crippen molar-refractivity contribution in [3.05, 3.63) is 12.0 Å². The van der Waals surface area contributed by atoms with E-state index in [4.69, 9.17) is 0 Å². The predicted molar refractivity (Wildman–Crippen MR) is 43.9 cm³/mol. The summed E-state index contributed by atoms with van der Waals surface area (Å²) in [5.41, 5.74) is 0. The second kappa shape index (κ2) is 4.28. The lowest BCUT2D eigenvalue weighted by Crippen LogP contribution is -2.03. The highest BCUT2D eigenvalue weighted by molar-refractivity contribution is 7.94. The summed E-state index contributed by atoms with van der Waals surface area (Å²) in [6, 6.07) is 0. The molecule has 3 nitrogen and oxygen atoms in total. The number of hydrogen-bond donors (Lipinski definition) is 0. The van der Waals surface area contributed by atoms with E-state index in [1.165, 1.54) is 6.92 Å². The Morgan fingerprint density at radius 3 is 2.45 bits per heavy atom. The predicted octanol–water partition coefficient (Wildman–Crippen LogP) is 0.914. The van der Waals surface area contributed by atoms with Crippen molar-refractivity contribution in [2.75, 3.05) is 5.75 Å². The highest BCUT2D eigenvalue weighted by Gasteiger charge is 2.04. The van der Waals surface area contributed by atoms with E-state index in [1.807, 2.05) is 0 Å². The zero-order valence-corrected chi connectivity index (χ0v) is 7.36. The van der Waals surface area contributed by atoms with Gasteiger partial charge in [0.25, 0.3) is 0 Å². The number of hydrogen-bond acceptors (Lipinski definition) is 3. The average molecular weight is 176 g/mol. The third kappa shape index (κ3) is 5.79. The third-order valence-corrected chi connectivity index (χ3v) is 2.58. The Labute approximate surface area is 67.0 Å². The maximum absolute atomic E-state index is 10.8. The van der Waals surface area contributed by atoms with E-state index in [9.17, 15) is 13.2 Å². The molecule has 0 saturated carbocycles. The van der Waals surface area contributed by atoms with Gasteiger partial charge in [-0.05, 0) is 13.3 Å². The Bertz CT molecular complexity index is 238. The van der Waals surface area contributed by atoms with E-state index in [0.29, 0.717) is 12.8 Å². The first kappa shape index (κ1) is 10.4. The summed E-state index contributed by atoms with van der Waals surface area (Å²) in [6.07, 6.45) is 0.719. The van der Waals surface area contributed by atoms with Gasteiger partial charge < -0.3 is 4.79 Å². The first-order chi connectivity index (χ1) is 4.98. The van der Waals surface area contributed by atoms with Crippen molar-refractivity contribution in [2.24, 2.45) is 0 Å². The van der Waals surface area contributed by atoms with Crippen LogP contribution in [0.1, 0.15) is 19.8 Å². The van der Waals surface area contributed by atoms with Crippen LogP contribution in [0.5, 0.6) is 0 Å². The molecular formula is C7H12O3S. The van der Waals surface area contributed by atoms with Crippen molar-refractivity contribution in [1.29, 1.82) is 0 Å². The van der Waals surface area contributed by atoms with Gasteiger partial charge in [0.1, 0.15) is 5.78 Å². The molecule has 0 aliphatic rings. The maximum Gasteiger partial charge on any atom is 0.171 e. The number of sulfone groups is 1. The highest BCUT2D eigenvalue weighted by atomic mass is 32.2. The summed E-state index contributed by atoms with van der Waals surface area (Å²) in [6.45, 7) is 4.60. The van der Waals surface area contributed by atoms with E-state index >= 15 is 0 Å². The Balaban J connectivity index is 3.72. The molecule has 0 bridgehead atoms. The molecule has 4 heteroatoms. The second-order valence-electron chi connectivity index (χ2n) is 2.34. The summed E-state index contributed by atoms with van der Waals surface area (Å²) < 4.78 is 21.5. The number of ketones is 1. The molecule has 0 fully saturated rings. The minimum Gasteiger partial charge on any atom is -0.300 e. The molecule has 0 radical (unpaired) electrons. The van der Waals surface area contributed by atoms with Crippen LogP contribution in [-0.4, -0.2) is 20.0 Å². The van der Waals surface area contributed by atoms with Crippen LogP contribution in [0.3, 0.4) is 0 Å². The summed E-state index contributed by atoms with van der Waals surface area (Å²) >= 11 is 0. The molecular weight excluding hydrogens is 164 g/mol. The van der Waals surface area contributed by atoms with Gasteiger partial charge in [0.05, 0.1) is 5.75 Å². The van der Waals surface area contributed by atoms with Crippen molar-refractivity contribution in [3.63, 3.8) is 0 Å². The zero-order chi connectivity index (χ0) is 8.91. The summed E-state index contributed by atoms with van der Waals surface area (Å²) in [5, 5.41) is 0.924. The monoisotopic (exact) mass is 176 g/mol. The van der Waals surface area contributed by atoms with Gasteiger partial charge in [-0.1, -0.05) is 6.58 Å². The fraction of sp³-hybridized carbons (Fsp3) is 0.571. The Kier molecular flexibility index (Phi) is 4.03. The molecule has 0 aromatic heterocycles. The first-order valence-electron chi connectivity index (χ1n) is 3.32. The molecule has 11 heavy (non-hydrogen) atoms. The molecule has 0 heterocycles. The van der Waals surface area contributed by atoms with E-state index in [1.54, 1.807) is 0 Å². The number of rotatable bonds is 5. The SMILES string of the molecule is C=CS(=O)(=O)CCCC(C)=O.